The summed E-state index contributed by atoms with van der Waals surface area (Å²) in [6, 6.07) is 44.0. The van der Waals surface area contributed by atoms with E-state index in [2.05, 4.69) is 149 Å². The van der Waals surface area contributed by atoms with Crippen molar-refractivity contribution < 1.29 is 0 Å². The summed E-state index contributed by atoms with van der Waals surface area (Å²) in [5.41, 5.74) is 11.3. The second-order valence-corrected chi connectivity index (χ2v) is 10.2. The molecule has 8 rings (SSSR count). The molecule has 2 aliphatic rings. The molecule has 5 aromatic carbocycles. The lowest BCUT2D eigenvalue weighted by Gasteiger charge is -2.31. The van der Waals surface area contributed by atoms with E-state index in [0.29, 0.717) is 0 Å². The zero-order valence-electron chi connectivity index (χ0n) is 20.9. The van der Waals surface area contributed by atoms with Crippen molar-refractivity contribution in [3.8, 4) is 11.1 Å². The fourth-order valence-electron chi connectivity index (χ4n) is 6.40. The molecule has 2 heteroatoms. The molecule has 2 heterocycles. The molecular weight excluding hydrogens is 460 g/mol. The van der Waals surface area contributed by atoms with Crippen molar-refractivity contribution >= 4 is 38.8 Å². The molecule has 0 saturated carbocycles. The van der Waals surface area contributed by atoms with Gasteiger partial charge in [0.1, 0.15) is 0 Å². The molecule has 38 heavy (non-hydrogen) atoms. The third-order valence-corrected chi connectivity index (χ3v) is 8.14. The molecular formula is C36H26N2. The van der Waals surface area contributed by atoms with Crippen LogP contribution in [0.3, 0.4) is 0 Å². The first-order valence-electron chi connectivity index (χ1n) is 13.3. The maximum atomic E-state index is 3.56. The molecule has 1 N–H and O–H groups in total. The Hall–Kier alpha value is -4.82. The molecule has 0 saturated heterocycles. The van der Waals surface area contributed by atoms with Crippen molar-refractivity contribution in [3.05, 3.63) is 151 Å². The van der Waals surface area contributed by atoms with Gasteiger partial charge in [-0.05, 0) is 52.6 Å². The SMILES string of the molecule is C1=CC2C(C=C1c1ccc3[nH]c4ccccc4c3c1)c1ccccc1N2c1ccccc1-c1ccccc1. The lowest BCUT2D eigenvalue weighted by Crippen LogP contribution is -2.29. The van der Waals surface area contributed by atoms with Gasteiger partial charge in [-0.1, -0.05) is 109 Å². The highest BCUT2D eigenvalue weighted by Gasteiger charge is 2.38. The number of hydrogen-bond donors (Lipinski definition) is 1. The second kappa shape index (κ2) is 8.36. The number of aromatic nitrogens is 1. The van der Waals surface area contributed by atoms with E-state index in [1.807, 2.05) is 0 Å². The highest BCUT2D eigenvalue weighted by atomic mass is 15.2. The Bertz CT molecular complexity index is 1890. The highest BCUT2D eigenvalue weighted by molar-refractivity contribution is 6.08. The van der Waals surface area contributed by atoms with Crippen molar-refractivity contribution in [2.75, 3.05) is 4.90 Å². The molecule has 1 aliphatic heterocycles. The molecule has 1 aromatic heterocycles. The van der Waals surface area contributed by atoms with Crippen LogP contribution < -0.4 is 4.90 Å². The minimum atomic E-state index is 0.234. The number of nitrogens with zero attached hydrogens (tertiary/aromatic N) is 1. The van der Waals surface area contributed by atoms with Crippen LogP contribution in [-0.2, 0) is 0 Å². The van der Waals surface area contributed by atoms with Gasteiger partial charge in [0.25, 0.3) is 0 Å². The Morgan fingerprint density at radius 2 is 1.32 bits per heavy atom. The lowest BCUT2D eigenvalue weighted by atomic mass is 9.86. The number of aromatic amines is 1. The van der Waals surface area contributed by atoms with Crippen molar-refractivity contribution in [3.63, 3.8) is 0 Å². The molecule has 2 atom stereocenters. The summed E-state index contributed by atoms with van der Waals surface area (Å²) in [5.74, 6) is 0.286. The maximum absolute atomic E-state index is 3.56. The molecule has 0 bridgehead atoms. The summed E-state index contributed by atoms with van der Waals surface area (Å²) in [7, 11) is 0. The summed E-state index contributed by atoms with van der Waals surface area (Å²) >= 11 is 0. The van der Waals surface area contributed by atoms with E-state index < -0.39 is 0 Å². The van der Waals surface area contributed by atoms with Gasteiger partial charge < -0.3 is 9.88 Å². The van der Waals surface area contributed by atoms with E-state index in [9.17, 15) is 0 Å². The Kier molecular flexibility index (Phi) is 4.68. The van der Waals surface area contributed by atoms with Gasteiger partial charge in [0.15, 0.2) is 0 Å². The zero-order chi connectivity index (χ0) is 25.1. The number of rotatable bonds is 3. The number of allylic oxidation sites excluding steroid dienone is 2. The van der Waals surface area contributed by atoms with Gasteiger partial charge in [0, 0.05) is 44.7 Å². The molecule has 0 radical (unpaired) electrons. The summed E-state index contributed by atoms with van der Waals surface area (Å²) in [6.07, 6.45) is 7.20. The van der Waals surface area contributed by atoms with Gasteiger partial charge in [0.2, 0.25) is 0 Å². The van der Waals surface area contributed by atoms with E-state index in [1.54, 1.807) is 0 Å². The number of fused-ring (bicyclic) bond motifs is 6. The van der Waals surface area contributed by atoms with Crippen LogP contribution in [0.2, 0.25) is 0 Å². The fraction of sp³-hybridized carbons (Fsp3) is 0.0556. The normalized spacial score (nSPS) is 18.0. The van der Waals surface area contributed by atoms with Crippen LogP contribution in [0.5, 0.6) is 0 Å². The third kappa shape index (κ3) is 3.20. The molecule has 180 valence electrons. The maximum Gasteiger partial charge on any atom is 0.0630 e. The largest absolute Gasteiger partial charge is 0.355 e. The van der Waals surface area contributed by atoms with Gasteiger partial charge in [-0.15, -0.1) is 0 Å². The van der Waals surface area contributed by atoms with Crippen LogP contribution in [0.25, 0.3) is 38.5 Å². The van der Waals surface area contributed by atoms with Crippen molar-refractivity contribution in [2.24, 2.45) is 0 Å². The molecule has 2 nitrogen and oxygen atoms in total. The summed E-state index contributed by atoms with van der Waals surface area (Å²) < 4.78 is 0. The Balaban J connectivity index is 1.24. The van der Waals surface area contributed by atoms with Crippen LogP contribution >= 0.6 is 0 Å². The molecule has 0 amide bonds. The molecule has 0 spiro atoms. The Morgan fingerprint density at radius 3 is 2.24 bits per heavy atom. The van der Waals surface area contributed by atoms with Crippen molar-refractivity contribution in [1.82, 2.24) is 4.98 Å². The second-order valence-electron chi connectivity index (χ2n) is 10.2. The highest BCUT2D eigenvalue weighted by Crippen LogP contribution is 2.51. The van der Waals surface area contributed by atoms with Crippen LogP contribution in [-0.4, -0.2) is 11.0 Å². The van der Waals surface area contributed by atoms with Crippen LogP contribution in [0, 0.1) is 0 Å². The van der Waals surface area contributed by atoms with Gasteiger partial charge >= 0.3 is 0 Å². The first-order chi connectivity index (χ1) is 18.8. The average Bonchev–Trinajstić information content (AvgIpc) is 3.52. The summed E-state index contributed by atoms with van der Waals surface area (Å²) in [4.78, 5) is 6.09. The number of nitrogens with one attached hydrogen (secondary N) is 1. The molecule has 0 fully saturated rings. The average molecular weight is 487 g/mol. The van der Waals surface area contributed by atoms with Gasteiger partial charge in [0.05, 0.1) is 6.04 Å². The van der Waals surface area contributed by atoms with Crippen molar-refractivity contribution in [2.45, 2.75) is 12.0 Å². The van der Waals surface area contributed by atoms with Gasteiger partial charge in [-0.2, -0.15) is 0 Å². The number of benzene rings is 5. The van der Waals surface area contributed by atoms with Crippen molar-refractivity contribution in [1.29, 1.82) is 0 Å². The molecule has 2 unspecified atom stereocenters. The Labute approximate surface area is 222 Å². The van der Waals surface area contributed by atoms with Crippen LogP contribution in [0.15, 0.2) is 140 Å². The predicted molar refractivity (Wildman–Crippen MR) is 160 cm³/mol. The van der Waals surface area contributed by atoms with Gasteiger partial charge in [-0.25, -0.2) is 0 Å². The minimum absolute atomic E-state index is 0.234. The number of para-hydroxylation sites is 3. The van der Waals surface area contributed by atoms with Crippen LogP contribution in [0.4, 0.5) is 11.4 Å². The predicted octanol–water partition coefficient (Wildman–Crippen LogP) is 9.25. The van der Waals surface area contributed by atoms with E-state index in [0.717, 1.165) is 0 Å². The number of anilines is 2. The molecule has 1 aliphatic carbocycles. The molecule has 6 aromatic rings. The topological polar surface area (TPSA) is 19.0 Å². The minimum Gasteiger partial charge on any atom is -0.355 e. The smallest absolute Gasteiger partial charge is 0.0630 e. The fourth-order valence-corrected chi connectivity index (χ4v) is 6.40. The first-order valence-corrected chi connectivity index (χ1v) is 13.3. The van der Waals surface area contributed by atoms with E-state index in [-0.39, 0.29) is 12.0 Å². The summed E-state index contributed by atoms with van der Waals surface area (Å²) in [5, 5.41) is 2.55. The van der Waals surface area contributed by atoms with E-state index in [1.165, 1.54) is 61.0 Å². The number of H-pyrrole nitrogens is 1. The first kappa shape index (κ1) is 21.3. The zero-order valence-corrected chi connectivity index (χ0v) is 20.9. The summed E-state index contributed by atoms with van der Waals surface area (Å²) in [6.45, 7) is 0. The standard InChI is InChI=1S/C36H26N2/c1-2-10-24(11-3-1)27-12-5-8-16-34(27)38-35-17-9-6-14-29(35)31-23-26(19-21-36(31)38)25-18-20-33-30(22-25)28-13-4-7-15-32(28)37-33/h1-23,31,36-37H. The monoisotopic (exact) mass is 486 g/mol. The van der Waals surface area contributed by atoms with Gasteiger partial charge in [-0.3, -0.25) is 0 Å². The third-order valence-electron chi connectivity index (χ3n) is 8.14. The Morgan fingerprint density at radius 1 is 0.579 bits per heavy atom. The van der Waals surface area contributed by atoms with E-state index >= 15 is 0 Å². The lowest BCUT2D eigenvalue weighted by molar-refractivity contribution is 0.747. The quantitative estimate of drug-likeness (QED) is 0.264. The van der Waals surface area contributed by atoms with Crippen LogP contribution in [0.1, 0.15) is 17.0 Å². The number of hydrogen-bond acceptors (Lipinski definition) is 1. The van der Waals surface area contributed by atoms with E-state index in [4.69, 9.17) is 0 Å².